The van der Waals surface area contributed by atoms with Crippen LogP contribution in [0.1, 0.15) is 28.7 Å². The molecular weight excluding hydrogens is 367 g/mol. The van der Waals surface area contributed by atoms with E-state index >= 15 is 0 Å². The molecule has 3 aromatic rings. The van der Waals surface area contributed by atoms with Gasteiger partial charge in [-0.1, -0.05) is 29.4 Å². The van der Waals surface area contributed by atoms with Crippen LogP contribution in [0.15, 0.2) is 41.2 Å². The molecule has 142 valence electrons. The number of nitrogens with zero attached hydrogens (tertiary/aromatic N) is 3. The summed E-state index contributed by atoms with van der Waals surface area (Å²) >= 11 is 0. The summed E-state index contributed by atoms with van der Waals surface area (Å²) < 4.78 is 47.3. The molecule has 0 fully saturated rings. The van der Waals surface area contributed by atoms with Gasteiger partial charge in [-0.3, -0.25) is 9.89 Å². The number of benzene rings is 1. The van der Waals surface area contributed by atoms with E-state index in [0.29, 0.717) is 16.7 Å². The van der Waals surface area contributed by atoms with Gasteiger partial charge in [0.25, 0.3) is 5.91 Å². The highest BCUT2D eigenvalue weighted by Gasteiger charge is 2.38. The van der Waals surface area contributed by atoms with Gasteiger partial charge in [0.15, 0.2) is 5.72 Å². The third kappa shape index (κ3) is 3.82. The van der Waals surface area contributed by atoms with E-state index in [4.69, 9.17) is 4.74 Å². The molecule has 1 unspecified atom stereocenters. The van der Waals surface area contributed by atoms with Crippen LogP contribution in [-0.4, -0.2) is 33.4 Å². The van der Waals surface area contributed by atoms with Crippen LogP contribution in [0, 0.1) is 0 Å². The Bertz CT molecular complexity index is 922. The number of aromatic amines is 1. The summed E-state index contributed by atoms with van der Waals surface area (Å²) in [6, 6.07) is 6.17. The summed E-state index contributed by atoms with van der Waals surface area (Å²) in [6.45, 7) is 1.64. The zero-order valence-corrected chi connectivity index (χ0v) is 14.2. The number of hydrogen-bond acceptors (Lipinski definition) is 6. The van der Waals surface area contributed by atoms with Crippen LogP contribution in [0.5, 0.6) is 0 Å². The number of rotatable bonds is 5. The van der Waals surface area contributed by atoms with Crippen molar-refractivity contribution in [3.8, 4) is 11.4 Å². The van der Waals surface area contributed by atoms with Gasteiger partial charge in [-0.05, 0) is 6.92 Å². The standard InChI is InChI=1S/C16H14F3N5O3/c1-15(26-2,23-13(25)10-7-20-21-8-10)11-5-3-9(4-6-11)12-22-14(27-24-12)16(17,18)19/h3-8H,1-2H3,(H,20,21)(H,23,25). The van der Waals surface area contributed by atoms with Crippen molar-refractivity contribution in [1.82, 2.24) is 25.7 Å². The molecule has 11 heteroatoms. The first-order valence-corrected chi connectivity index (χ1v) is 7.61. The van der Waals surface area contributed by atoms with E-state index in [2.05, 4.69) is 30.2 Å². The predicted octanol–water partition coefficient (Wildman–Crippen LogP) is 2.73. The van der Waals surface area contributed by atoms with Crippen LogP contribution >= 0.6 is 0 Å². The van der Waals surface area contributed by atoms with Gasteiger partial charge in [-0.15, -0.1) is 0 Å². The molecule has 3 rings (SSSR count). The van der Waals surface area contributed by atoms with E-state index in [9.17, 15) is 18.0 Å². The molecule has 1 aromatic carbocycles. The molecule has 2 heterocycles. The van der Waals surface area contributed by atoms with Crippen molar-refractivity contribution in [2.24, 2.45) is 0 Å². The molecule has 0 radical (unpaired) electrons. The summed E-state index contributed by atoms with van der Waals surface area (Å²) in [5, 5.41) is 12.3. The largest absolute Gasteiger partial charge is 0.471 e. The van der Waals surface area contributed by atoms with Gasteiger partial charge in [0, 0.05) is 24.4 Å². The second-order valence-corrected chi connectivity index (χ2v) is 5.68. The van der Waals surface area contributed by atoms with E-state index in [1.54, 1.807) is 19.1 Å². The Kier molecular flexibility index (Phi) is 4.70. The Morgan fingerprint density at radius 3 is 2.48 bits per heavy atom. The van der Waals surface area contributed by atoms with Crippen molar-refractivity contribution < 1.29 is 27.2 Å². The minimum Gasteiger partial charge on any atom is -0.355 e. The van der Waals surface area contributed by atoms with Crippen LogP contribution in [-0.2, 0) is 16.6 Å². The minimum absolute atomic E-state index is 0.199. The Morgan fingerprint density at radius 2 is 1.96 bits per heavy atom. The second kappa shape index (κ2) is 6.83. The molecule has 0 aliphatic carbocycles. The maximum absolute atomic E-state index is 12.6. The van der Waals surface area contributed by atoms with Crippen molar-refractivity contribution in [2.45, 2.75) is 18.8 Å². The number of nitrogens with one attached hydrogen (secondary N) is 2. The average Bonchev–Trinajstić information content (AvgIpc) is 3.33. The smallest absolute Gasteiger partial charge is 0.355 e. The summed E-state index contributed by atoms with van der Waals surface area (Å²) in [4.78, 5) is 15.6. The maximum Gasteiger partial charge on any atom is 0.471 e. The van der Waals surface area contributed by atoms with E-state index < -0.39 is 23.7 Å². The summed E-state index contributed by atoms with van der Waals surface area (Å²) in [5.74, 6) is -2.03. The normalized spacial score (nSPS) is 14.0. The Balaban J connectivity index is 1.82. The Morgan fingerprint density at radius 1 is 1.26 bits per heavy atom. The van der Waals surface area contributed by atoms with Crippen LogP contribution in [0.2, 0.25) is 0 Å². The molecule has 0 aliphatic rings. The quantitative estimate of drug-likeness (QED) is 0.659. The Labute approximate surface area is 150 Å². The number of hydrogen-bond donors (Lipinski definition) is 2. The van der Waals surface area contributed by atoms with E-state index in [1.165, 1.54) is 31.6 Å². The highest BCUT2D eigenvalue weighted by Crippen LogP contribution is 2.30. The van der Waals surface area contributed by atoms with Gasteiger partial charge >= 0.3 is 12.1 Å². The lowest BCUT2D eigenvalue weighted by Gasteiger charge is -2.29. The molecule has 0 saturated heterocycles. The lowest BCUT2D eigenvalue weighted by molar-refractivity contribution is -0.159. The third-order valence-corrected chi connectivity index (χ3v) is 3.88. The molecule has 1 amide bonds. The van der Waals surface area contributed by atoms with Gasteiger partial charge in [0.2, 0.25) is 5.82 Å². The summed E-state index contributed by atoms with van der Waals surface area (Å²) in [7, 11) is 1.42. The zero-order valence-electron chi connectivity index (χ0n) is 14.2. The number of halogens is 3. The van der Waals surface area contributed by atoms with E-state index in [-0.39, 0.29) is 5.82 Å². The topological polar surface area (TPSA) is 106 Å². The predicted molar refractivity (Wildman–Crippen MR) is 85.2 cm³/mol. The average molecular weight is 381 g/mol. The molecule has 0 bridgehead atoms. The van der Waals surface area contributed by atoms with Crippen LogP contribution in [0.25, 0.3) is 11.4 Å². The number of alkyl halides is 3. The number of amides is 1. The van der Waals surface area contributed by atoms with Crippen LogP contribution in [0.3, 0.4) is 0 Å². The van der Waals surface area contributed by atoms with Gasteiger partial charge in [0.1, 0.15) is 0 Å². The minimum atomic E-state index is -4.71. The van der Waals surface area contributed by atoms with E-state index in [0.717, 1.165) is 0 Å². The molecule has 8 nitrogen and oxygen atoms in total. The monoisotopic (exact) mass is 381 g/mol. The molecular formula is C16H14F3N5O3. The van der Waals surface area contributed by atoms with E-state index in [1.807, 2.05) is 0 Å². The van der Waals surface area contributed by atoms with Crippen molar-refractivity contribution in [3.63, 3.8) is 0 Å². The van der Waals surface area contributed by atoms with Crippen LogP contribution < -0.4 is 5.32 Å². The first-order valence-electron chi connectivity index (χ1n) is 7.61. The van der Waals surface area contributed by atoms with Crippen molar-refractivity contribution in [1.29, 1.82) is 0 Å². The highest BCUT2D eigenvalue weighted by molar-refractivity contribution is 5.94. The summed E-state index contributed by atoms with van der Waals surface area (Å²) in [6.07, 6.45) is -1.91. The van der Waals surface area contributed by atoms with Crippen molar-refractivity contribution in [3.05, 3.63) is 53.7 Å². The fraction of sp³-hybridized carbons (Fsp3) is 0.250. The number of carbonyl (C=O) groups is 1. The Hall–Kier alpha value is -3.21. The zero-order chi connectivity index (χ0) is 19.7. The second-order valence-electron chi connectivity index (χ2n) is 5.68. The molecule has 1 atom stereocenters. The molecule has 2 aromatic heterocycles. The number of H-pyrrole nitrogens is 1. The molecule has 0 aliphatic heterocycles. The number of carbonyl (C=O) groups excluding carboxylic acids is 1. The van der Waals surface area contributed by atoms with Crippen LogP contribution in [0.4, 0.5) is 13.2 Å². The van der Waals surface area contributed by atoms with Crippen molar-refractivity contribution in [2.75, 3.05) is 7.11 Å². The highest BCUT2D eigenvalue weighted by atomic mass is 19.4. The van der Waals surface area contributed by atoms with Crippen molar-refractivity contribution >= 4 is 5.91 Å². The lowest BCUT2D eigenvalue weighted by Crippen LogP contribution is -2.44. The fourth-order valence-electron chi connectivity index (χ4n) is 2.30. The van der Waals surface area contributed by atoms with Gasteiger partial charge in [0.05, 0.1) is 11.8 Å². The number of ether oxygens (including phenoxy) is 1. The van der Waals surface area contributed by atoms with Gasteiger partial charge in [-0.25, -0.2) is 0 Å². The summed E-state index contributed by atoms with van der Waals surface area (Å²) in [5.41, 5.74) is 0.0190. The lowest BCUT2D eigenvalue weighted by atomic mass is 10.0. The first-order chi connectivity index (χ1) is 12.7. The number of aromatic nitrogens is 4. The molecule has 2 N–H and O–H groups in total. The molecule has 0 saturated carbocycles. The van der Waals surface area contributed by atoms with Gasteiger partial charge < -0.3 is 14.6 Å². The SMILES string of the molecule is COC(C)(NC(=O)c1cn[nH]c1)c1ccc(-c2noc(C(F)(F)F)n2)cc1. The molecule has 27 heavy (non-hydrogen) atoms. The first kappa shape index (κ1) is 18.6. The maximum atomic E-state index is 12.6. The third-order valence-electron chi connectivity index (χ3n) is 3.88. The fourth-order valence-corrected chi connectivity index (χ4v) is 2.30. The van der Waals surface area contributed by atoms with Gasteiger partial charge in [-0.2, -0.15) is 23.3 Å². The molecule has 0 spiro atoms. The number of methoxy groups -OCH3 is 1.